The highest BCUT2D eigenvalue weighted by Gasteiger charge is 2.29. The molecule has 109 heavy (non-hydrogen) atoms. The van der Waals surface area contributed by atoms with Crippen LogP contribution in [0.25, 0.3) is 0 Å². The van der Waals surface area contributed by atoms with Gasteiger partial charge in [-0.05, 0) is 161 Å². The van der Waals surface area contributed by atoms with Gasteiger partial charge in [-0.2, -0.15) is 0 Å². The number of phosphoric acid groups is 2. The third-order valence-electron chi connectivity index (χ3n) is 17.1. The maximum atomic E-state index is 13.0. The van der Waals surface area contributed by atoms with Gasteiger partial charge < -0.3 is 34.2 Å². The van der Waals surface area contributed by atoms with E-state index in [0.717, 1.165) is 154 Å². The normalized spacial score (nSPS) is 14.8. The Morgan fingerprint density at radius 3 is 0.780 bits per heavy atom. The number of carbonyl (C=O) groups excluding carboxylic acids is 3. The molecule has 0 rings (SSSR count). The van der Waals surface area contributed by atoms with Crippen molar-refractivity contribution in [1.82, 2.24) is 0 Å². The third-order valence-corrected chi connectivity index (χ3v) is 19.0. The fraction of sp³-hybridized carbons (Fsp3) is 0.637. The molecule has 5 atom stereocenters. The van der Waals surface area contributed by atoms with E-state index in [1.54, 1.807) is 0 Å². The van der Waals surface area contributed by atoms with E-state index in [4.69, 9.17) is 32.3 Å². The summed E-state index contributed by atoms with van der Waals surface area (Å²) in [6.45, 7) is 2.35. The molecule has 0 radical (unpaired) electrons. The quantitative estimate of drug-likeness (QED) is 0.0146. The number of aliphatic hydroxyl groups is 2. The van der Waals surface area contributed by atoms with E-state index >= 15 is 0 Å². The van der Waals surface area contributed by atoms with Crippen molar-refractivity contribution < 1.29 is 75.8 Å². The van der Waals surface area contributed by atoms with Crippen LogP contribution in [0.3, 0.4) is 0 Å². The maximum Gasteiger partial charge on any atom is 0.472 e. The summed E-state index contributed by atoms with van der Waals surface area (Å²) in [6, 6.07) is 0. The molecule has 16 nitrogen and oxygen atoms in total. The highest BCUT2D eigenvalue weighted by molar-refractivity contribution is 7.47. The summed E-state index contributed by atoms with van der Waals surface area (Å²) in [4.78, 5) is 58.8. The predicted octanol–water partition coefficient (Wildman–Crippen LogP) is 25.3. The molecule has 5 unspecified atom stereocenters. The number of phosphoric ester groups is 2. The fourth-order valence-electron chi connectivity index (χ4n) is 10.8. The Balaban J connectivity index is 4.62. The zero-order valence-corrected chi connectivity index (χ0v) is 69.7. The molecule has 0 fully saturated rings. The molecule has 0 heterocycles. The van der Waals surface area contributed by atoms with Crippen LogP contribution in [-0.2, 0) is 55.8 Å². The van der Waals surface area contributed by atoms with Crippen LogP contribution >= 0.6 is 15.6 Å². The Bertz CT molecular complexity index is 2710. The van der Waals surface area contributed by atoms with Crippen LogP contribution in [0, 0.1) is 0 Å². The molecule has 0 aromatic heterocycles. The molecule has 0 aliphatic heterocycles. The molecule has 0 aliphatic rings. The summed E-state index contributed by atoms with van der Waals surface area (Å²) in [5.41, 5.74) is 0. The predicted molar refractivity (Wildman–Crippen MR) is 454 cm³/mol. The van der Waals surface area contributed by atoms with Crippen molar-refractivity contribution in [3.8, 4) is 0 Å². The van der Waals surface area contributed by atoms with Crippen LogP contribution < -0.4 is 0 Å². The Labute approximate surface area is 662 Å². The largest absolute Gasteiger partial charge is 0.472 e. The van der Waals surface area contributed by atoms with Crippen molar-refractivity contribution in [3.63, 3.8) is 0 Å². The average molecular weight is 1560 g/mol. The lowest BCUT2D eigenvalue weighted by Crippen LogP contribution is -2.30. The molecule has 0 bridgehead atoms. The van der Waals surface area contributed by atoms with Gasteiger partial charge in [0.1, 0.15) is 25.4 Å². The Kier molecular flexibility index (Phi) is 78.1. The Morgan fingerprint density at radius 1 is 0.266 bits per heavy atom. The summed E-state index contributed by atoms with van der Waals surface area (Å²) >= 11 is 0. The molecule has 0 saturated heterocycles. The van der Waals surface area contributed by atoms with Crippen LogP contribution in [0.5, 0.6) is 0 Å². The van der Waals surface area contributed by atoms with Crippen molar-refractivity contribution in [2.24, 2.45) is 0 Å². The van der Waals surface area contributed by atoms with Crippen LogP contribution in [-0.4, -0.2) is 95.9 Å². The number of allylic oxidation sites excluding steroid dienone is 30. The number of unbranched alkanes of at least 4 members (excludes halogenated alkanes) is 25. The second kappa shape index (κ2) is 82.1. The van der Waals surface area contributed by atoms with Crippen LogP contribution in [0.2, 0.25) is 0 Å². The van der Waals surface area contributed by atoms with E-state index in [0.29, 0.717) is 19.3 Å². The molecule has 4 N–H and O–H groups in total. The summed E-state index contributed by atoms with van der Waals surface area (Å²) < 4.78 is 61.2. The smallest absolute Gasteiger partial charge is 0.463 e. The van der Waals surface area contributed by atoms with Gasteiger partial charge in [-0.15, -0.1) is 0 Å². The van der Waals surface area contributed by atoms with Gasteiger partial charge in [0.25, 0.3) is 0 Å². The molecule has 620 valence electrons. The number of esters is 3. The van der Waals surface area contributed by atoms with Crippen molar-refractivity contribution in [3.05, 3.63) is 182 Å². The van der Waals surface area contributed by atoms with E-state index < -0.39 is 91.5 Å². The Morgan fingerprint density at radius 2 is 0.486 bits per heavy atom. The van der Waals surface area contributed by atoms with Gasteiger partial charge in [0.15, 0.2) is 6.10 Å². The molecule has 0 spiro atoms. The number of ether oxygens (including phenoxy) is 3. The van der Waals surface area contributed by atoms with Gasteiger partial charge in [-0.3, -0.25) is 32.5 Å². The Hall–Kier alpha value is -5.35. The molecular formula is C91H150O16P2. The van der Waals surface area contributed by atoms with Crippen molar-refractivity contribution >= 4 is 33.6 Å². The lowest BCUT2D eigenvalue weighted by atomic mass is 10.0. The monoisotopic (exact) mass is 1560 g/mol. The first-order valence-electron chi connectivity index (χ1n) is 42.1. The van der Waals surface area contributed by atoms with Crippen molar-refractivity contribution in [2.45, 2.75) is 334 Å². The van der Waals surface area contributed by atoms with E-state index in [-0.39, 0.29) is 19.3 Å². The molecule has 0 saturated carbocycles. The highest BCUT2D eigenvalue weighted by atomic mass is 31.2. The average Bonchev–Trinajstić information content (AvgIpc) is 0.900. The van der Waals surface area contributed by atoms with Crippen molar-refractivity contribution in [2.75, 3.05) is 39.6 Å². The second-order valence-electron chi connectivity index (χ2n) is 27.5. The SMILES string of the molecule is CC/C=C\C/C=C\C/C=C\C/C=C\C/C=C\C/C=C\CCCCCCC(=O)OCC(COP(=O)(O)OCC(O)COP(=O)(O)OCC(O)COC(=O)CCCCCCCCCCCCCCCCC/C=C\C/C=C\C/C=C\C/C=C\CCCCC)OC(=O)CCCCC/C=C\C/C=C\C/C=C\C/C=C\C/C=C\CC. The summed E-state index contributed by atoms with van der Waals surface area (Å²) in [7, 11) is -9.83. The minimum atomic E-state index is -4.96. The molecule has 0 amide bonds. The van der Waals surface area contributed by atoms with Gasteiger partial charge >= 0.3 is 33.6 Å². The second-order valence-corrected chi connectivity index (χ2v) is 30.4. The minimum Gasteiger partial charge on any atom is -0.463 e. The van der Waals surface area contributed by atoms with E-state index in [2.05, 4.69) is 203 Å². The number of hydrogen-bond acceptors (Lipinski definition) is 14. The standard InChI is InChI=1S/C91H150O16P2/c1-4-7-10-13-16-19-22-25-28-31-34-36-38-39-40-41-42-43-44-45-47-49-51-53-56-59-62-65-68-71-74-77-89(94)101-80-86(92)81-103-108(97,98)104-82-87(93)83-105-109(99,100)106-85-88(107-91(96)79-76-73-70-67-64-61-58-55-50-33-30-27-24-21-18-15-12-9-6-3)84-102-90(95)78-75-72-69-66-63-60-57-54-52-48-46-37-35-32-29-26-23-20-17-14-11-8-5-2/h8-9,11-12,16-21,25-30,34-37,39-40,48,50,52,55,57,60-61,64,86-88,92-93H,4-7,10,13-15,22-24,31-33,38,41-47,49,51,53-54,56,58-59,62-63,65-85H2,1-3H3,(H,97,98)(H,99,100)/b11-8-,12-9-,19-16-,20-17-,21-18-,28-25-,29-26-,30-27-,36-34-,37-35-,40-39-,52-48-,55-50-,60-57-,64-61-. The first kappa shape index (κ1) is 104. The number of rotatable bonds is 78. The summed E-state index contributed by atoms with van der Waals surface area (Å²) in [5, 5.41) is 20.7. The molecule has 18 heteroatoms. The lowest BCUT2D eigenvalue weighted by molar-refractivity contribution is -0.161. The highest BCUT2D eigenvalue weighted by Crippen LogP contribution is 2.45. The van der Waals surface area contributed by atoms with Gasteiger partial charge in [-0.1, -0.05) is 319 Å². The van der Waals surface area contributed by atoms with Crippen LogP contribution in [0.1, 0.15) is 316 Å². The van der Waals surface area contributed by atoms with Crippen LogP contribution in [0.15, 0.2) is 182 Å². The maximum absolute atomic E-state index is 13.0. The van der Waals surface area contributed by atoms with Gasteiger partial charge in [-0.25, -0.2) is 9.13 Å². The lowest BCUT2D eigenvalue weighted by Gasteiger charge is -2.21. The zero-order chi connectivity index (χ0) is 79.4. The topological polar surface area (TPSA) is 231 Å². The summed E-state index contributed by atoms with van der Waals surface area (Å²) in [6.07, 6.45) is 107. The first-order chi connectivity index (χ1) is 53.2. The van der Waals surface area contributed by atoms with Gasteiger partial charge in [0.05, 0.1) is 26.4 Å². The van der Waals surface area contributed by atoms with Gasteiger partial charge in [0, 0.05) is 19.3 Å². The van der Waals surface area contributed by atoms with Gasteiger partial charge in [0.2, 0.25) is 0 Å². The number of carbonyl (C=O) groups is 3. The van der Waals surface area contributed by atoms with E-state index in [1.807, 2.05) is 0 Å². The van der Waals surface area contributed by atoms with E-state index in [9.17, 15) is 43.5 Å². The number of aliphatic hydroxyl groups excluding tert-OH is 2. The first-order valence-corrected chi connectivity index (χ1v) is 45.1. The molecule has 0 aromatic rings. The summed E-state index contributed by atoms with van der Waals surface area (Å²) in [5.74, 6) is -1.65. The minimum absolute atomic E-state index is 0.0521. The molecule has 0 aromatic carbocycles. The van der Waals surface area contributed by atoms with Crippen molar-refractivity contribution in [1.29, 1.82) is 0 Å². The van der Waals surface area contributed by atoms with Crippen LogP contribution in [0.4, 0.5) is 0 Å². The molecule has 0 aliphatic carbocycles. The number of hydrogen-bond donors (Lipinski definition) is 4. The molecular weight excluding hydrogens is 1410 g/mol. The zero-order valence-electron chi connectivity index (χ0n) is 67.9. The van der Waals surface area contributed by atoms with E-state index in [1.165, 1.54) is 103 Å². The fourth-order valence-corrected chi connectivity index (χ4v) is 12.3. The third kappa shape index (κ3) is 83.4.